The van der Waals surface area contributed by atoms with E-state index in [0.29, 0.717) is 25.6 Å². The van der Waals surface area contributed by atoms with Crippen LogP contribution < -0.4 is 0 Å². The predicted octanol–water partition coefficient (Wildman–Crippen LogP) is 0.508. The molecule has 0 unspecified atom stereocenters. The first-order valence-electron chi connectivity index (χ1n) is 5.78. The molecule has 0 radical (unpaired) electrons. The third-order valence-corrected chi connectivity index (χ3v) is 2.42. The highest BCUT2D eigenvalue weighted by molar-refractivity contribution is 5.68. The van der Waals surface area contributed by atoms with E-state index >= 15 is 0 Å². The van der Waals surface area contributed by atoms with Crippen molar-refractivity contribution in [3.63, 3.8) is 0 Å². The first-order valence-corrected chi connectivity index (χ1v) is 5.78. The number of carbonyl (C=O) groups is 1. The third kappa shape index (κ3) is 2.95. The number of carbonyl (C=O) groups excluding carboxylic acids is 1. The molecule has 1 aromatic heterocycles. The van der Waals surface area contributed by atoms with Gasteiger partial charge in [-0.3, -0.25) is 4.90 Å². The Kier molecular flexibility index (Phi) is 3.46. The number of aromatic amines is 1. The Balaban J connectivity index is 2.11. The second kappa shape index (κ2) is 4.89. The molecule has 2 rings (SSSR count). The molecule has 0 saturated carbocycles. The highest BCUT2D eigenvalue weighted by Gasteiger charge is 2.34. The van der Waals surface area contributed by atoms with E-state index < -0.39 is 5.60 Å². The fourth-order valence-electron chi connectivity index (χ4n) is 1.67. The normalized spacial score (nSPS) is 20.8. The predicted molar refractivity (Wildman–Crippen MR) is 60.7 cm³/mol. The number of amides is 1. The summed E-state index contributed by atoms with van der Waals surface area (Å²) < 4.78 is 10.7. The van der Waals surface area contributed by atoms with Crippen molar-refractivity contribution in [2.75, 3.05) is 19.8 Å². The van der Waals surface area contributed by atoms with E-state index in [4.69, 9.17) is 9.47 Å². The lowest BCUT2D eigenvalue weighted by Crippen LogP contribution is -2.46. The molecule has 8 heteroatoms. The molecule has 8 nitrogen and oxygen atoms in total. The minimum Gasteiger partial charge on any atom is -0.444 e. The van der Waals surface area contributed by atoms with Crippen molar-refractivity contribution in [3.8, 4) is 0 Å². The fraction of sp³-hybridized carbons (Fsp3) is 0.800. The van der Waals surface area contributed by atoms with E-state index in [-0.39, 0.29) is 12.1 Å². The first kappa shape index (κ1) is 12.7. The Morgan fingerprint density at radius 3 is 2.94 bits per heavy atom. The number of nitrogens with zero attached hydrogens (tertiary/aromatic N) is 4. The molecular weight excluding hydrogens is 238 g/mol. The van der Waals surface area contributed by atoms with Crippen LogP contribution in [0.5, 0.6) is 0 Å². The third-order valence-electron chi connectivity index (χ3n) is 2.42. The molecule has 1 aliphatic rings. The zero-order valence-electron chi connectivity index (χ0n) is 10.7. The smallest absolute Gasteiger partial charge is 0.411 e. The zero-order chi connectivity index (χ0) is 13.2. The van der Waals surface area contributed by atoms with E-state index in [1.54, 1.807) is 4.90 Å². The van der Waals surface area contributed by atoms with E-state index in [2.05, 4.69) is 20.6 Å². The van der Waals surface area contributed by atoms with Gasteiger partial charge in [-0.05, 0) is 20.8 Å². The van der Waals surface area contributed by atoms with Gasteiger partial charge in [0.2, 0.25) is 0 Å². The summed E-state index contributed by atoms with van der Waals surface area (Å²) in [5.74, 6) is 0.431. The van der Waals surface area contributed by atoms with Gasteiger partial charge in [-0.1, -0.05) is 5.21 Å². The van der Waals surface area contributed by atoms with E-state index in [9.17, 15) is 4.79 Å². The second-order valence-electron chi connectivity index (χ2n) is 5.03. The Labute approximate surface area is 105 Å². The molecule has 0 bridgehead atoms. The van der Waals surface area contributed by atoms with Crippen molar-refractivity contribution < 1.29 is 14.3 Å². The van der Waals surface area contributed by atoms with Crippen LogP contribution >= 0.6 is 0 Å². The molecule has 1 fully saturated rings. The largest absolute Gasteiger partial charge is 0.444 e. The molecule has 0 aromatic carbocycles. The molecule has 1 N–H and O–H groups in total. The van der Waals surface area contributed by atoms with Gasteiger partial charge in [0.15, 0.2) is 5.82 Å². The summed E-state index contributed by atoms with van der Waals surface area (Å²) in [6.07, 6.45) is -0.388. The summed E-state index contributed by atoms with van der Waals surface area (Å²) in [5, 5.41) is 13.6. The monoisotopic (exact) mass is 255 g/mol. The number of ether oxygens (including phenoxy) is 2. The number of morpholine rings is 1. The molecule has 0 aliphatic carbocycles. The van der Waals surface area contributed by atoms with Gasteiger partial charge >= 0.3 is 6.09 Å². The number of rotatable bonds is 1. The van der Waals surface area contributed by atoms with Crippen LogP contribution in [0.1, 0.15) is 32.6 Å². The number of aromatic nitrogens is 4. The van der Waals surface area contributed by atoms with Crippen molar-refractivity contribution in [1.82, 2.24) is 25.5 Å². The Hall–Kier alpha value is -1.70. The van der Waals surface area contributed by atoms with Crippen molar-refractivity contribution in [2.45, 2.75) is 32.4 Å². The maximum Gasteiger partial charge on any atom is 0.411 e. The minimum absolute atomic E-state index is 0.346. The maximum atomic E-state index is 12.1. The summed E-state index contributed by atoms with van der Waals surface area (Å²) in [5.41, 5.74) is -0.531. The molecule has 1 aliphatic heterocycles. The zero-order valence-corrected chi connectivity index (χ0v) is 10.7. The number of hydrogen-bond donors (Lipinski definition) is 1. The van der Waals surface area contributed by atoms with Crippen LogP contribution in [-0.4, -0.2) is 57.0 Å². The van der Waals surface area contributed by atoms with Crippen LogP contribution in [0.3, 0.4) is 0 Å². The lowest BCUT2D eigenvalue weighted by Gasteiger charge is -2.34. The van der Waals surface area contributed by atoms with Crippen LogP contribution in [0, 0.1) is 0 Å². The molecule has 2 heterocycles. The van der Waals surface area contributed by atoms with Gasteiger partial charge in [0, 0.05) is 6.54 Å². The fourth-order valence-corrected chi connectivity index (χ4v) is 1.67. The summed E-state index contributed by atoms with van der Waals surface area (Å²) >= 11 is 0. The summed E-state index contributed by atoms with van der Waals surface area (Å²) in [7, 11) is 0. The lowest BCUT2D eigenvalue weighted by molar-refractivity contribution is -0.0350. The van der Waals surface area contributed by atoms with Gasteiger partial charge < -0.3 is 9.47 Å². The highest BCUT2D eigenvalue weighted by Crippen LogP contribution is 2.23. The van der Waals surface area contributed by atoms with Gasteiger partial charge in [0.25, 0.3) is 0 Å². The van der Waals surface area contributed by atoms with Crippen LogP contribution in [0.4, 0.5) is 4.79 Å². The first-order chi connectivity index (χ1) is 8.47. The maximum absolute atomic E-state index is 12.1. The second-order valence-corrected chi connectivity index (χ2v) is 5.03. The summed E-state index contributed by atoms with van der Waals surface area (Å²) in [6, 6.07) is -0.354. The Bertz CT molecular complexity index is 400. The number of tetrazole rings is 1. The van der Waals surface area contributed by atoms with Gasteiger partial charge in [-0.25, -0.2) is 4.79 Å². The summed E-state index contributed by atoms with van der Waals surface area (Å²) in [6.45, 7) is 6.76. The number of H-pyrrole nitrogens is 1. The Morgan fingerprint density at radius 1 is 1.56 bits per heavy atom. The highest BCUT2D eigenvalue weighted by atomic mass is 16.6. The summed E-state index contributed by atoms with van der Waals surface area (Å²) in [4.78, 5) is 13.7. The molecule has 1 aromatic rings. The average Bonchev–Trinajstić information content (AvgIpc) is 2.80. The SMILES string of the molecule is CC(C)(C)OC(=O)N1CCOC[C@@H]1c1nn[nH]n1. The van der Waals surface area contributed by atoms with Crippen molar-refractivity contribution in [1.29, 1.82) is 0 Å². The van der Waals surface area contributed by atoms with Gasteiger partial charge in [0.1, 0.15) is 11.6 Å². The lowest BCUT2D eigenvalue weighted by atomic mass is 10.2. The van der Waals surface area contributed by atoms with Crippen LogP contribution in [0.15, 0.2) is 0 Å². The van der Waals surface area contributed by atoms with E-state index in [1.807, 2.05) is 20.8 Å². The standard InChI is InChI=1S/C10H17N5O3/c1-10(2,3)18-9(16)15-4-5-17-6-7(15)8-11-13-14-12-8/h7H,4-6H2,1-3H3,(H,11,12,13,14)/t7-/m1/s1. The Morgan fingerprint density at radius 2 is 2.33 bits per heavy atom. The molecule has 1 amide bonds. The average molecular weight is 255 g/mol. The van der Waals surface area contributed by atoms with E-state index in [0.717, 1.165) is 0 Å². The van der Waals surface area contributed by atoms with Crippen LogP contribution in [0.25, 0.3) is 0 Å². The van der Waals surface area contributed by atoms with Gasteiger partial charge in [0.05, 0.1) is 13.2 Å². The van der Waals surface area contributed by atoms with Crippen molar-refractivity contribution >= 4 is 6.09 Å². The number of nitrogens with one attached hydrogen (secondary N) is 1. The van der Waals surface area contributed by atoms with Crippen LogP contribution in [0.2, 0.25) is 0 Å². The van der Waals surface area contributed by atoms with Gasteiger partial charge in [-0.2, -0.15) is 5.21 Å². The molecule has 1 atom stereocenters. The van der Waals surface area contributed by atoms with Crippen molar-refractivity contribution in [3.05, 3.63) is 5.82 Å². The van der Waals surface area contributed by atoms with Crippen LogP contribution in [-0.2, 0) is 9.47 Å². The van der Waals surface area contributed by atoms with E-state index in [1.165, 1.54) is 0 Å². The van der Waals surface area contributed by atoms with Crippen molar-refractivity contribution in [2.24, 2.45) is 0 Å². The number of hydrogen-bond acceptors (Lipinski definition) is 6. The molecule has 100 valence electrons. The topological polar surface area (TPSA) is 93.2 Å². The molecular formula is C10H17N5O3. The quantitative estimate of drug-likeness (QED) is 0.785. The molecule has 1 saturated heterocycles. The molecule has 0 spiro atoms. The molecule has 18 heavy (non-hydrogen) atoms. The van der Waals surface area contributed by atoms with Gasteiger partial charge in [-0.15, -0.1) is 10.2 Å². The minimum atomic E-state index is -0.531.